The van der Waals surface area contributed by atoms with Gasteiger partial charge in [-0.05, 0) is 60.9 Å². The van der Waals surface area contributed by atoms with E-state index in [2.05, 4.69) is 46.3 Å². The van der Waals surface area contributed by atoms with Crippen molar-refractivity contribution in [3.8, 4) is 0 Å². The van der Waals surface area contributed by atoms with Crippen LogP contribution in [0.4, 0.5) is 4.79 Å². The van der Waals surface area contributed by atoms with Gasteiger partial charge in [0.05, 0.1) is 19.3 Å². The summed E-state index contributed by atoms with van der Waals surface area (Å²) in [7, 11) is 0. The number of carbonyl (C=O) groups excluding carboxylic acids is 1. The number of hydrogen-bond acceptors (Lipinski definition) is 6. The van der Waals surface area contributed by atoms with Crippen LogP contribution >= 0.6 is 15.9 Å². The van der Waals surface area contributed by atoms with Crippen molar-refractivity contribution in [3.63, 3.8) is 0 Å². The number of rotatable bonds is 6. The fourth-order valence-electron chi connectivity index (χ4n) is 4.55. The van der Waals surface area contributed by atoms with Gasteiger partial charge in [0, 0.05) is 29.5 Å². The Labute approximate surface area is 214 Å². The van der Waals surface area contributed by atoms with Crippen LogP contribution in [0.5, 0.6) is 0 Å². The van der Waals surface area contributed by atoms with Gasteiger partial charge < -0.3 is 19.4 Å². The van der Waals surface area contributed by atoms with Gasteiger partial charge in [-0.2, -0.15) is 0 Å². The maximum atomic E-state index is 12.3. The summed E-state index contributed by atoms with van der Waals surface area (Å²) in [6.45, 7) is 6.46. The molecule has 0 amide bonds. The zero-order chi connectivity index (χ0) is 25.0. The fourth-order valence-corrected chi connectivity index (χ4v) is 4.81. The molecule has 1 N–H and O–H groups in total. The summed E-state index contributed by atoms with van der Waals surface area (Å²) < 4.78 is 12.8. The highest BCUT2D eigenvalue weighted by molar-refractivity contribution is 9.10. The molecular formula is C28H32BrNO5. The van der Waals surface area contributed by atoms with Gasteiger partial charge in [0.15, 0.2) is 0 Å². The van der Waals surface area contributed by atoms with Gasteiger partial charge in [0.1, 0.15) is 5.60 Å². The smallest absolute Gasteiger partial charge is 0.427 e. The highest BCUT2D eigenvalue weighted by Gasteiger charge is 2.40. The molecule has 0 radical (unpaired) electrons. The SMILES string of the molecule is CC(C)(C)OC(=O)ON1CC(CO)C(c2ccc(Br)cc2)C(OCc2ccc3ccccc3c2)C1. The highest BCUT2D eigenvalue weighted by Crippen LogP contribution is 2.36. The molecule has 3 atom stereocenters. The van der Waals surface area contributed by atoms with E-state index >= 15 is 0 Å². The molecule has 7 heteroatoms. The summed E-state index contributed by atoms with van der Waals surface area (Å²) in [6.07, 6.45) is -1.07. The molecule has 1 fully saturated rings. The second-order valence-electron chi connectivity index (χ2n) is 9.95. The summed E-state index contributed by atoms with van der Waals surface area (Å²) in [4.78, 5) is 17.8. The Morgan fingerprint density at radius 2 is 1.74 bits per heavy atom. The predicted octanol–water partition coefficient (Wildman–Crippen LogP) is 6.06. The van der Waals surface area contributed by atoms with Crippen LogP contribution in [0, 0.1) is 5.92 Å². The van der Waals surface area contributed by atoms with Crippen LogP contribution in [0.2, 0.25) is 0 Å². The van der Waals surface area contributed by atoms with E-state index < -0.39 is 11.8 Å². The molecule has 1 heterocycles. The topological polar surface area (TPSA) is 68.2 Å². The first-order valence-corrected chi connectivity index (χ1v) is 12.6. The number of piperidine rings is 1. The van der Waals surface area contributed by atoms with E-state index in [1.807, 2.05) is 36.4 Å². The first-order chi connectivity index (χ1) is 16.7. The Bertz CT molecular complexity index is 1140. The molecule has 186 valence electrons. The van der Waals surface area contributed by atoms with Crippen molar-refractivity contribution in [2.24, 2.45) is 5.92 Å². The number of aliphatic hydroxyl groups excluding tert-OH is 1. The maximum absolute atomic E-state index is 12.3. The lowest BCUT2D eigenvalue weighted by atomic mass is 9.79. The molecule has 6 nitrogen and oxygen atoms in total. The maximum Gasteiger partial charge on any atom is 0.528 e. The number of aliphatic hydroxyl groups is 1. The molecule has 0 aliphatic carbocycles. The van der Waals surface area contributed by atoms with Crippen LogP contribution in [0.3, 0.4) is 0 Å². The van der Waals surface area contributed by atoms with Gasteiger partial charge >= 0.3 is 6.16 Å². The minimum Gasteiger partial charge on any atom is -0.427 e. The molecule has 0 aromatic heterocycles. The molecule has 0 bridgehead atoms. The molecular weight excluding hydrogens is 510 g/mol. The van der Waals surface area contributed by atoms with Crippen molar-refractivity contribution in [1.82, 2.24) is 5.06 Å². The van der Waals surface area contributed by atoms with Crippen molar-refractivity contribution >= 4 is 32.9 Å². The van der Waals surface area contributed by atoms with Gasteiger partial charge in [-0.15, -0.1) is 5.06 Å². The van der Waals surface area contributed by atoms with E-state index in [0.29, 0.717) is 19.7 Å². The van der Waals surface area contributed by atoms with E-state index in [1.165, 1.54) is 5.39 Å². The second-order valence-corrected chi connectivity index (χ2v) is 10.9. The molecule has 0 saturated carbocycles. The second kappa shape index (κ2) is 11.1. The van der Waals surface area contributed by atoms with E-state index in [0.717, 1.165) is 21.0 Å². The van der Waals surface area contributed by atoms with Crippen molar-refractivity contribution in [2.45, 2.75) is 45.0 Å². The van der Waals surface area contributed by atoms with Crippen LogP contribution < -0.4 is 0 Å². The first kappa shape index (κ1) is 25.6. The number of carbonyl (C=O) groups is 1. The third-order valence-corrected chi connectivity index (χ3v) is 6.62. The van der Waals surface area contributed by atoms with E-state index in [1.54, 1.807) is 25.8 Å². The van der Waals surface area contributed by atoms with E-state index in [4.69, 9.17) is 14.3 Å². The van der Waals surface area contributed by atoms with E-state index in [-0.39, 0.29) is 24.5 Å². The van der Waals surface area contributed by atoms with Gasteiger partial charge in [-0.25, -0.2) is 4.79 Å². The number of ether oxygens (including phenoxy) is 2. The Hall–Kier alpha value is -2.45. The van der Waals surface area contributed by atoms with Crippen molar-refractivity contribution < 1.29 is 24.2 Å². The summed E-state index contributed by atoms with van der Waals surface area (Å²) in [5, 5.41) is 14.2. The Morgan fingerprint density at radius 3 is 2.43 bits per heavy atom. The molecule has 3 aromatic carbocycles. The largest absolute Gasteiger partial charge is 0.528 e. The summed E-state index contributed by atoms with van der Waals surface area (Å²) in [5.41, 5.74) is 1.48. The first-order valence-electron chi connectivity index (χ1n) is 11.8. The quantitative estimate of drug-likeness (QED) is 0.382. The molecule has 3 aromatic rings. The Kier molecular flexibility index (Phi) is 8.12. The highest BCUT2D eigenvalue weighted by atomic mass is 79.9. The Morgan fingerprint density at radius 1 is 1.03 bits per heavy atom. The van der Waals surface area contributed by atoms with Gasteiger partial charge in [-0.3, -0.25) is 0 Å². The average Bonchev–Trinajstić information content (AvgIpc) is 2.81. The van der Waals surface area contributed by atoms with Crippen LogP contribution in [0.25, 0.3) is 10.8 Å². The minimum atomic E-state index is -0.760. The molecule has 35 heavy (non-hydrogen) atoms. The number of halogens is 1. The monoisotopic (exact) mass is 541 g/mol. The number of fused-ring (bicyclic) bond motifs is 1. The molecule has 1 saturated heterocycles. The van der Waals surface area contributed by atoms with Crippen LogP contribution in [0.1, 0.15) is 37.8 Å². The van der Waals surface area contributed by atoms with Gasteiger partial charge in [0.2, 0.25) is 0 Å². The zero-order valence-electron chi connectivity index (χ0n) is 20.3. The Balaban J connectivity index is 1.55. The molecule has 3 unspecified atom stereocenters. The predicted molar refractivity (Wildman–Crippen MR) is 139 cm³/mol. The third kappa shape index (κ3) is 6.82. The van der Waals surface area contributed by atoms with Crippen molar-refractivity contribution in [2.75, 3.05) is 19.7 Å². The molecule has 0 spiro atoms. The summed E-state index contributed by atoms with van der Waals surface area (Å²) in [5.74, 6) is -0.249. The zero-order valence-corrected chi connectivity index (χ0v) is 21.9. The standard InChI is InChI=1S/C28H32BrNO5/c1-28(2,3)34-27(32)35-30-15-23(17-31)26(21-10-12-24(29)13-11-21)25(16-30)33-18-19-8-9-20-6-4-5-7-22(20)14-19/h4-14,23,25-26,31H,15-18H2,1-3H3. The van der Waals surface area contributed by atoms with Crippen molar-refractivity contribution in [3.05, 3.63) is 82.3 Å². The summed E-state index contributed by atoms with van der Waals surface area (Å²) in [6, 6.07) is 22.6. The number of hydrogen-bond donors (Lipinski definition) is 1. The molecule has 1 aliphatic heterocycles. The lowest BCUT2D eigenvalue weighted by molar-refractivity contribution is -0.194. The number of benzene rings is 3. The minimum absolute atomic E-state index is 0.0629. The van der Waals surface area contributed by atoms with Crippen LogP contribution in [-0.4, -0.2) is 47.7 Å². The van der Waals surface area contributed by atoms with Gasteiger partial charge in [0.25, 0.3) is 0 Å². The molecule has 1 aliphatic rings. The molecule has 4 rings (SSSR count). The number of nitrogens with zero attached hydrogens (tertiary/aromatic N) is 1. The fraction of sp³-hybridized carbons (Fsp3) is 0.393. The third-order valence-electron chi connectivity index (χ3n) is 6.09. The van der Waals surface area contributed by atoms with Crippen molar-refractivity contribution in [1.29, 1.82) is 0 Å². The van der Waals surface area contributed by atoms with E-state index in [9.17, 15) is 9.90 Å². The average molecular weight is 542 g/mol. The van der Waals surface area contributed by atoms with Gasteiger partial charge in [-0.1, -0.05) is 64.5 Å². The van der Waals surface area contributed by atoms with Crippen LogP contribution in [0.15, 0.2) is 71.2 Å². The lowest BCUT2D eigenvalue weighted by Gasteiger charge is -2.42. The number of hydroxylamine groups is 2. The van der Waals surface area contributed by atoms with Crippen LogP contribution in [-0.2, 0) is 20.9 Å². The summed E-state index contributed by atoms with van der Waals surface area (Å²) >= 11 is 3.50. The lowest BCUT2D eigenvalue weighted by Crippen LogP contribution is -2.51. The normalized spacial score (nSPS) is 21.1.